The summed E-state index contributed by atoms with van der Waals surface area (Å²) < 4.78 is 1.84. The first-order chi connectivity index (χ1) is 11.4. The third kappa shape index (κ3) is 4.50. The molecule has 0 aliphatic heterocycles. The largest absolute Gasteiger partial charge is 0.508 e. The lowest BCUT2D eigenvalue weighted by atomic mass is 10.1. The molecule has 0 fully saturated rings. The van der Waals surface area contributed by atoms with Crippen molar-refractivity contribution in [3.05, 3.63) is 47.3 Å². The minimum atomic E-state index is -0.0807. The number of carbonyl (C=O) groups excluding carboxylic acids is 1. The van der Waals surface area contributed by atoms with Crippen LogP contribution in [0.4, 0.5) is 4.79 Å². The number of benzene rings is 1. The summed E-state index contributed by atoms with van der Waals surface area (Å²) in [6.07, 6.45) is 3.36. The molecule has 1 heterocycles. The van der Waals surface area contributed by atoms with E-state index in [0.29, 0.717) is 6.54 Å². The molecule has 2 amide bonds. The Kier molecular flexibility index (Phi) is 5.84. The van der Waals surface area contributed by atoms with Crippen LogP contribution in [-0.2, 0) is 19.9 Å². The third-order valence-electron chi connectivity index (χ3n) is 4.46. The van der Waals surface area contributed by atoms with Crippen LogP contribution >= 0.6 is 0 Å². The molecule has 1 atom stereocenters. The molecule has 0 aliphatic carbocycles. The molecule has 0 saturated heterocycles. The highest BCUT2D eigenvalue weighted by molar-refractivity contribution is 5.74. The van der Waals surface area contributed by atoms with E-state index in [9.17, 15) is 9.90 Å². The van der Waals surface area contributed by atoms with Gasteiger partial charge in [-0.2, -0.15) is 5.10 Å². The second-order valence-electron chi connectivity index (χ2n) is 6.19. The van der Waals surface area contributed by atoms with Gasteiger partial charge >= 0.3 is 6.03 Å². The molecule has 1 aromatic carbocycles. The van der Waals surface area contributed by atoms with Crippen molar-refractivity contribution in [3.63, 3.8) is 0 Å². The van der Waals surface area contributed by atoms with E-state index in [2.05, 4.69) is 10.4 Å². The van der Waals surface area contributed by atoms with Gasteiger partial charge in [-0.05, 0) is 49.9 Å². The van der Waals surface area contributed by atoms with E-state index >= 15 is 0 Å². The average molecular weight is 330 g/mol. The second kappa shape index (κ2) is 7.86. The van der Waals surface area contributed by atoms with Crippen molar-refractivity contribution >= 4 is 6.03 Å². The monoisotopic (exact) mass is 330 g/mol. The standard InChI is InChI=1S/C18H26N4O2/c1-13(11-15-5-7-17(23)8-6-15)21(3)18(24)19-10-9-16-12-20-22(4)14(16)2/h5-8,12-13,23H,9-11H2,1-4H3,(H,19,24). The van der Waals surface area contributed by atoms with Gasteiger partial charge in [-0.25, -0.2) is 4.79 Å². The number of aromatic nitrogens is 2. The van der Waals surface area contributed by atoms with Crippen LogP contribution in [0, 0.1) is 6.92 Å². The van der Waals surface area contributed by atoms with Gasteiger partial charge in [0.25, 0.3) is 0 Å². The van der Waals surface area contributed by atoms with E-state index in [1.807, 2.05) is 43.9 Å². The Balaban J connectivity index is 1.80. The van der Waals surface area contributed by atoms with Crippen LogP contribution in [0.1, 0.15) is 23.7 Å². The number of phenols is 1. The Morgan fingerprint density at radius 1 is 1.38 bits per heavy atom. The minimum absolute atomic E-state index is 0.0645. The molecule has 2 rings (SSSR count). The maximum absolute atomic E-state index is 12.3. The number of hydrogen-bond donors (Lipinski definition) is 2. The molecule has 1 unspecified atom stereocenters. The molecule has 1 aromatic heterocycles. The summed E-state index contributed by atoms with van der Waals surface area (Å²) in [7, 11) is 3.71. The summed E-state index contributed by atoms with van der Waals surface area (Å²) in [4.78, 5) is 14.0. The van der Waals surface area contributed by atoms with Gasteiger partial charge in [-0.3, -0.25) is 4.68 Å². The number of rotatable bonds is 6. The molecule has 2 aromatic rings. The van der Waals surface area contributed by atoms with E-state index in [-0.39, 0.29) is 17.8 Å². The van der Waals surface area contributed by atoms with Crippen LogP contribution in [0.2, 0.25) is 0 Å². The van der Waals surface area contributed by atoms with Gasteiger partial charge in [-0.15, -0.1) is 0 Å². The SMILES string of the molecule is Cc1c(CCNC(=O)N(C)C(C)Cc2ccc(O)cc2)cnn1C. The first-order valence-corrected chi connectivity index (χ1v) is 8.14. The number of urea groups is 1. The Morgan fingerprint density at radius 2 is 2.04 bits per heavy atom. The zero-order chi connectivity index (χ0) is 17.7. The number of hydrogen-bond acceptors (Lipinski definition) is 3. The van der Waals surface area contributed by atoms with Gasteiger partial charge in [0.1, 0.15) is 5.75 Å². The second-order valence-corrected chi connectivity index (χ2v) is 6.19. The molecule has 0 saturated carbocycles. The maximum Gasteiger partial charge on any atom is 0.317 e. The summed E-state index contributed by atoms with van der Waals surface area (Å²) in [5.41, 5.74) is 3.36. The van der Waals surface area contributed by atoms with Crippen molar-refractivity contribution in [2.24, 2.45) is 7.05 Å². The Bertz CT molecular complexity index is 679. The van der Waals surface area contributed by atoms with Crippen LogP contribution in [0.3, 0.4) is 0 Å². The summed E-state index contributed by atoms with van der Waals surface area (Å²) in [5.74, 6) is 0.253. The molecule has 6 nitrogen and oxygen atoms in total. The number of aromatic hydroxyl groups is 1. The molecule has 24 heavy (non-hydrogen) atoms. The van der Waals surface area contributed by atoms with E-state index in [1.165, 1.54) is 0 Å². The van der Waals surface area contributed by atoms with Crippen molar-refractivity contribution in [1.82, 2.24) is 20.0 Å². The summed E-state index contributed by atoms with van der Waals surface area (Å²) in [6, 6.07) is 7.07. The summed E-state index contributed by atoms with van der Waals surface area (Å²) in [5, 5.41) is 16.5. The molecular formula is C18H26N4O2. The number of nitrogens with one attached hydrogen (secondary N) is 1. The quantitative estimate of drug-likeness (QED) is 0.853. The highest BCUT2D eigenvalue weighted by atomic mass is 16.3. The lowest BCUT2D eigenvalue weighted by Crippen LogP contribution is -2.43. The van der Waals surface area contributed by atoms with Crippen LogP contribution in [-0.4, -0.2) is 45.5 Å². The average Bonchev–Trinajstić information content (AvgIpc) is 2.88. The number of phenolic OH excluding ortho intramolecular Hbond substituents is 1. The minimum Gasteiger partial charge on any atom is -0.508 e. The van der Waals surface area contributed by atoms with Gasteiger partial charge < -0.3 is 15.3 Å². The van der Waals surface area contributed by atoms with E-state index in [4.69, 9.17) is 0 Å². The fourth-order valence-corrected chi connectivity index (χ4v) is 2.53. The first kappa shape index (κ1) is 17.8. The smallest absolute Gasteiger partial charge is 0.317 e. The normalized spacial score (nSPS) is 12.0. The van der Waals surface area contributed by atoms with Crippen molar-refractivity contribution in [2.75, 3.05) is 13.6 Å². The molecule has 2 N–H and O–H groups in total. The highest BCUT2D eigenvalue weighted by Gasteiger charge is 2.16. The van der Waals surface area contributed by atoms with E-state index < -0.39 is 0 Å². The van der Waals surface area contributed by atoms with E-state index in [1.54, 1.807) is 24.1 Å². The zero-order valence-corrected chi connectivity index (χ0v) is 14.8. The van der Waals surface area contributed by atoms with Crippen molar-refractivity contribution in [2.45, 2.75) is 32.7 Å². The van der Waals surface area contributed by atoms with Gasteiger partial charge in [0.15, 0.2) is 0 Å². The fraction of sp³-hybridized carbons (Fsp3) is 0.444. The molecule has 0 bridgehead atoms. The van der Waals surface area contributed by atoms with Gasteiger partial charge in [0.05, 0.1) is 6.20 Å². The zero-order valence-electron chi connectivity index (χ0n) is 14.8. The van der Waals surface area contributed by atoms with Crippen LogP contribution in [0.5, 0.6) is 5.75 Å². The third-order valence-corrected chi connectivity index (χ3v) is 4.46. The van der Waals surface area contributed by atoms with Gasteiger partial charge in [0.2, 0.25) is 0 Å². The number of amides is 2. The topological polar surface area (TPSA) is 70.4 Å². The molecule has 0 aliphatic rings. The molecule has 130 valence electrons. The molecule has 6 heteroatoms. The first-order valence-electron chi connectivity index (χ1n) is 8.14. The van der Waals surface area contributed by atoms with Crippen molar-refractivity contribution < 1.29 is 9.90 Å². The molecule has 0 spiro atoms. The number of nitrogens with zero attached hydrogens (tertiary/aromatic N) is 3. The van der Waals surface area contributed by atoms with Crippen molar-refractivity contribution in [3.8, 4) is 5.75 Å². The van der Waals surface area contributed by atoms with Gasteiger partial charge in [-0.1, -0.05) is 12.1 Å². The molecule has 0 radical (unpaired) electrons. The lowest BCUT2D eigenvalue weighted by Gasteiger charge is -2.25. The number of carbonyl (C=O) groups is 1. The number of aryl methyl sites for hydroxylation is 1. The van der Waals surface area contributed by atoms with E-state index in [0.717, 1.165) is 29.7 Å². The Hall–Kier alpha value is -2.50. The predicted molar refractivity (Wildman–Crippen MR) is 94.1 cm³/mol. The summed E-state index contributed by atoms with van der Waals surface area (Å²) >= 11 is 0. The fourth-order valence-electron chi connectivity index (χ4n) is 2.53. The van der Waals surface area contributed by atoms with Gasteiger partial charge in [0, 0.05) is 32.4 Å². The Morgan fingerprint density at radius 3 is 2.62 bits per heavy atom. The predicted octanol–water partition coefficient (Wildman–Crippen LogP) is 2.25. The Labute approximate surface area is 143 Å². The van der Waals surface area contributed by atoms with Crippen LogP contribution < -0.4 is 5.32 Å². The maximum atomic E-state index is 12.3. The lowest BCUT2D eigenvalue weighted by molar-refractivity contribution is 0.194. The summed E-state index contributed by atoms with van der Waals surface area (Å²) in [6.45, 7) is 4.62. The van der Waals surface area contributed by atoms with Crippen LogP contribution in [0.25, 0.3) is 0 Å². The molecular weight excluding hydrogens is 304 g/mol. The van der Waals surface area contributed by atoms with Crippen molar-refractivity contribution in [1.29, 1.82) is 0 Å². The van der Waals surface area contributed by atoms with Crippen LogP contribution in [0.15, 0.2) is 30.5 Å². The number of likely N-dealkylation sites (N-methyl/N-ethyl adjacent to an activating group) is 1. The highest BCUT2D eigenvalue weighted by Crippen LogP contribution is 2.13.